The number of halogens is 1. The average molecular weight is 407 g/mol. The summed E-state index contributed by atoms with van der Waals surface area (Å²) >= 11 is 5.88. The Balaban J connectivity index is 1.63. The van der Waals surface area contributed by atoms with Gasteiger partial charge in [-0.1, -0.05) is 43.5 Å². The zero-order valence-corrected chi connectivity index (χ0v) is 16.6. The Kier molecular flexibility index (Phi) is 5.74. The molecule has 0 aromatic heterocycles. The van der Waals surface area contributed by atoms with E-state index in [9.17, 15) is 19.2 Å². The van der Waals surface area contributed by atoms with E-state index >= 15 is 0 Å². The summed E-state index contributed by atoms with van der Waals surface area (Å²) < 4.78 is 5.16. The van der Waals surface area contributed by atoms with Crippen molar-refractivity contribution in [3.05, 3.63) is 34.9 Å². The van der Waals surface area contributed by atoms with Crippen LogP contribution in [-0.2, 0) is 14.3 Å². The van der Waals surface area contributed by atoms with E-state index in [2.05, 4.69) is 5.32 Å². The monoisotopic (exact) mass is 406 g/mol. The lowest BCUT2D eigenvalue weighted by atomic mass is 9.73. The highest BCUT2D eigenvalue weighted by molar-refractivity contribution is 6.31. The van der Waals surface area contributed by atoms with Gasteiger partial charge in [0.25, 0.3) is 5.91 Å². The predicted molar refractivity (Wildman–Crippen MR) is 102 cm³/mol. The van der Waals surface area contributed by atoms with Crippen LogP contribution >= 0.6 is 11.6 Å². The third-order valence-corrected chi connectivity index (χ3v) is 5.81. The molecule has 1 saturated carbocycles. The van der Waals surface area contributed by atoms with Crippen LogP contribution in [0.1, 0.15) is 49.9 Å². The summed E-state index contributed by atoms with van der Waals surface area (Å²) in [4.78, 5) is 50.8. The number of urea groups is 1. The molecule has 2 aliphatic rings. The van der Waals surface area contributed by atoms with Crippen molar-refractivity contribution in [1.82, 2.24) is 10.2 Å². The Morgan fingerprint density at radius 3 is 2.79 bits per heavy atom. The van der Waals surface area contributed by atoms with Crippen LogP contribution < -0.4 is 5.32 Å². The number of hydrogen-bond acceptors (Lipinski definition) is 5. The normalized spacial score (nSPS) is 25.5. The number of nitrogens with zero attached hydrogens (tertiary/aromatic N) is 1. The number of ether oxygens (including phenoxy) is 1. The van der Waals surface area contributed by atoms with Crippen LogP contribution in [0.4, 0.5) is 4.79 Å². The van der Waals surface area contributed by atoms with Crippen LogP contribution in [-0.4, -0.2) is 46.8 Å². The van der Waals surface area contributed by atoms with Crippen molar-refractivity contribution in [3.63, 3.8) is 0 Å². The van der Waals surface area contributed by atoms with Crippen LogP contribution in [0.3, 0.4) is 0 Å². The maximum atomic E-state index is 12.9. The molecule has 3 amide bonds. The van der Waals surface area contributed by atoms with E-state index in [0.29, 0.717) is 17.0 Å². The Labute approximate surface area is 168 Å². The Morgan fingerprint density at radius 1 is 1.36 bits per heavy atom. The van der Waals surface area contributed by atoms with Gasteiger partial charge in [-0.3, -0.25) is 19.3 Å². The summed E-state index contributed by atoms with van der Waals surface area (Å²) in [5.41, 5.74) is -0.615. The molecule has 1 heterocycles. The van der Waals surface area contributed by atoms with Crippen molar-refractivity contribution in [2.45, 2.75) is 51.2 Å². The Morgan fingerprint density at radius 2 is 2.11 bits per heavy atom. The molecule has 3 atom stereocenters. The summed E-state index contributed by atoms with van der Waals surface area (Å²) in [6.45, 7) is 2.86. The van der Waals surface area contributed by atoms with Crippen LogP contribution in [0.15, 0.2) is 24.3 Å². The molecule has 150 valence electrons. The van der Waals surface area contributed by atoms with Crippen LogP contribution in [0.2, 0.25) is 5.02 Å². The predicted octanol–water partition coefficient (Wildman–Crippen LogP) is 2.96. The summed E-state index contributed by atoms with van der Waals surface area (Å²) in [6, 6.07) is 5.73. The fraction of sp³-hybridized carbons (Fsp3) is 0.500. The van der Waals surface area contributed by atoms with Gasteiger partial charge in [0.15, 0.2) is 6.10 Å². The molecule has 1 spiro atoms. The van der Waals surface area contributed by atoms with Gasteiger partial charge in [0.1, 0.15) is 12.1 Å². The van der Waals surface area contributed by atoms with E-state index in [1.807, 2.05) is 6.92 Å². The van der Waals surface area contributed by atoms with Crippen molar-refractivity contribution < 1.29 is 23.9 Å². The van der Waals surface area contributed by atoms with Crippen LogP contribution in [0, 0.1) is 5.92 Å². The van der Waals surface area contributed by atoms with Gasteiger partial charge in [-0.25, -0.2) is 4.79 Å². The molecule has 2 fully saturated rings. The summed E-state index contributed by atoms with van der Waals surface area (Å²) in [6.07, 6.45) is 2.20. The SMILES string of the molecule is CC(OC(=O)CN1C(=O)NC2(CCCCC2C)C1=O)C(=O)c1cccc(Cl)c1. The minimum Gasteiger partial charge on any atom is -0.453 e. The van der Waals surface area contributed by atoms with Crippen molar-refractivity contribution in [2.75, 3.05) is 6.54 Å². The Bertz CT molecular complexity index is 827. The van der Waals surface area contributed by atoms with E-state index in [1.54, 1.807) is 18.2 Å². The average Bonchev–Trinajstić information content (AvgIpc) is 2.88. The lowest BCUT2D eigenvalue weighted by Crippen LogP contribution is -2.54. The van der Waals surface area contributed by atoms with Gasteiger partial charge in [0.2, 0.25) is 5.78 Å². The lowest BCUT2D eigenvalue weighted by molar-refractivity contribution is -0.150. The van der Waals surface area contributed by atoms with E-state index in [4.69, 9.17) is 16.3 Å². The molecule has 1 aliphatic heterocycles. The van der Waals surface area contributed by atoms with Crippen LogP contribution in [0.25, 0.3) is 0 Å². The highest BCUT2D eigenvalue weighted by Gasteiger charge is 2.55. The zero-order valence-electron chi connectivity index (χ0n) is 15.9. The molecule has 28 heavy (non-hydrogen) atoms. The molecule has 1 aliphatic carbocycles. The molecule has 7 nitrogen and oxygen atoms in total. The van der Waals surface area contributed by atoms with E-state index in [1.165, 1.54) is 13.0 Å². The first-order valence-electron chi connectivity index (χ1n) is 9.38. The number of Topliss-reactive ketones (excluding diaryl/α,β-unsaturated/α-hetero) is 1. The fourth-order valence-corrected chi connectivity index (χ4v) is 4.12. The van der Waals surface area contributed by atoms with Crippen molar-refractivity contribution in [3.8, 4) is 0 Å². The quantitative estimate of drug-likeness (QED) is 0.461. The Hall–Kier alpha value is -2.41. The summed E-state index contributed by atoms with van der Waals surface area (Å²) in [5.74, 6) is -1.62. The number of nitrogens with one attached hydrogen (secondary N) is 1. The standard InChI is InChI=1S/C20H23ClN2O5/c1-12-6-3-4-9-20(12)18(26)23(19(27)22-20)11-16(24)28-13(2)17(25)14-7-5-8-15(21)10-14/h5,7-8,10,12-13H,3-4,6,9,11H2,1-2H3,(H,22,27). The first kappa shape index (κ1) is 20.3. The molecule has 1 saturated heterocycles. The first-order chi connectivity index (χ1) is 13.2. The second-order valence-electron chi connectivity index (χ2n) is 7.45. The topological polar surface area (TPSA) is 92.8 Å². The van der Waals surface area contributed by atoms with Gasteiger partial charge in [0.05, 0.1) is 0 Å². The maximum absolute atomic E-state index is 12.9. The number of carbonyl (C=O) groups is 4. The van der Waals surface area contributed by atoms with E-state index in [-0.39, 0.29) is 5.92 Å². The molecular weight excluding hydrogens is 384 g/mol. The molecule has 1 aromatic carbocycles. The lowest BCUT2D eigenvalue weighted by Gasteiger charge is -2.36. The third kappa shape index (κ3) is 3.76. The molecule has 1 aromatic rings. The number of rotatable bonds is 5. The van der Waals surface area contributed by atoms with Crippen LogP contribution in [0.5, 0.6) is 0 Å². The molecular formula is C20H23ClN2O5. The molecule has 3 rings (SSSR count). The molecule has 0 radical (unpaired) electrons. The number of benzene rings is 1. The largest absolute Gasteiger partial charge is 0.453 e. The minimum absolute atomic E-state index is 0.00190. The molecule has 0 bridgehead atoms. The fourth-order valence-electron chi connectivity index (χ4n) is 3.93. The second-order valence-corrected chi connectivity index (χ2v) is 7.88. The highest BCUT2D eigenvalue weighted by atomic mass is 35.5. The van der Waals surface area contributed by atoms with E-state index < -0.39 is 41.9 Å². The van der Waals surface area contributed by atoms with Gasteiger partial charge in [-0.2, -0.15) is 0 Å². The highest BCUT2D eigenvalue weighted by Crippen LogP contribution is 2.38. The van der Waals surface area contributed by atoms with Gasteiger partial charge in [-0.05, 0) is 37.8 Å². The summed E-state index contributed by atoms with van der Waals surface area (Å²) in [5, 5.41) is 3.18. The first-order valence-corrected chi connectivity index (χ1v) is 9.76. The van der Waals surface area contributed by atoms with E-state index in [0.717, 1.165) is 24.2 Å². The van der Waals surface area contributed by atoms with Gasteiger partial charge in [0, 0.05) is 10.6 Å². The van der Waals surface area contributed by atoms with Gasteiger partial charge < -0.3 is 10.1 Å². The number of ketones is 1. The zero-order chi connectivity index (χ0) is 20.5. The molecule has 8 heteroatoms. The number of carbonyl (C=O) groups excluding carboxylic acids is 4. The van der Waals surface area contributed by atoms with Gasteiger partial charge in [-0.15, -0.1) is 0 Å². The van der Waals surface area contributed by atoms with Gasteiger partial charge >= 0.3 is 12.0 Å². The molecule has 1 N–H and O–H groups in total. The van der Waals surface area contributed by atoms with Crippen molar-refractivity contribution in [1.29, 1.82) is 0 Å². The second kappa shape index (κ2) is 7.91. The number of imide groups is 1. The minimum atomic E-state index is -1.06. The smallest absolute Gasteiger partial charge is 0.326 e. The number of esters is 1. The number of hydrogen-bond donors (Lipinski definition) is 1. The van der Waals surface area contributed by atoms with Crippen molar-refractivity contribution >= 4 is 35.3 Å². The summed E-state index contributed by atoms with van der Waals surface area (Å²) in [7, 11) is 0. The third-order valence-electron chi connectivity index (χ3n) is 5.58. The molecule has 3 unspecified atom stereocenters. The van der Waals surface area contributed by atoms with Crippen molar-refractivity contribution in [2.24, 2.45) is 5.92 Å². The maximum Gasteiger partial charge on any atom is 0.326 e. The number of amides is 3.